The van der Waals surface area contributed by atoms with E-state index < -0.39 is 47.2 Å². The Labute approximate surface area is 172 Å². The summed E-state index contributed by atoms with van der Waals surface area (Å²) in [5, 5.41) is 0. The number of rotatable bonds is 7. The van der Waals surface area contributed by atoms with Gasteiger partial charge in [0.2, 0.25) is 11.5 Å². The Kier molecular flexibility index (Phi) is 7.62. The number of aromatic nitrogens is 1. The standard InChI is InChI=1S/C21H21NO8/c1-5-16(24)28-17-15(27-13(4)23)11-22-19(30-20(25)12(2)3)18(17)29-21(26)14-9-7-6-8-10-14/h6-12H,5H2,1-4H3. The number of benzene rings is 1. The fourth-order valence-electron chi connectivity index (χ4n) is 2.06. The third kappa shape index (κ3) is 5.87. The molecule has 1 heterocycles. The van der Waals surface area contributed by atoms with Crippen molar-refractivity contribution in [2.45, 2.75) is 34.1 Å². The molecule has 0 saturated heterocycles. The first kappa shape index (κ1) is 22.5. The van der Waals surface area contributed by atoms with Gasteiger partial charge < -0.3 is 18.9 Å². The number of hydrogen-bond donors (Lipinski definition) is 0. The molecule has 0 N–H and O–H groups in total. The second-order valence-electron chi connectivity index (χ2n) is 6.34. The summed E-state index contributed by atoms with van der Waals surface area (Å²) in [7, 11) is 0. The first-order chi connectivity index (χ1) is 14.2. The largest absolute Gasteiger partial charge is 0.421 e. The van der Waals surface area contributed by atoms with Crippen LogP contribution >= 0.6 is 0 Å². The normalized spacial score (nSPS) is 10.3. The summed E-state index contributed by atoms with van der Waals surface area (Å²) in [5.41, 5.74) is 0.185. The van der Waals surface area contributed by atoms with Crippen LogP contribution in [-0.4, -0.2) is 28.9 Å². The van der Waals surface area contributed by atoms with Gasteiger partial charge in [0, 0.05) is 13.3 Å². The van der Waals surface area contributed by atoms with Gasteiger partial charge in [0.15, 0.2) is 5.75 Å². The average molecular weight is 415 g/mol. The van der Waals surface area contributed by atoms with Gasteiger partial charge in [-0.1, -0.05) is 39.0 Å². The fraction of sp³-hybridized carbons (Fsp3) is 0.286. The molecule has 0 saturated carbocycles. The number of carbonyl (C=O) groups is 4. The maximum atomic E-state index is 12.6. The molecule has 1 aromatic heterocycles. The molecule has 0 radical (unpaired) electrons. The Morgan fingerprint density at radius 2 is 1.60 bits per heavy atom. The molecule has 30 heavy (non-hydrogen) atoms. The van der Waals surface area contributed by atoms with Gasteiger partial charge >= 0.3 is 23.9 Å². The van der Waals surface area contributed by atoms with E-state index in [9.17, 15) is 19.2 Å². The molecule has 0 atom stereocenters. The highest BCUT2D eigenvalue weighted by atomic mass is 16.6. The second-order valence-corrected chi connectivity index (χ2v) is 6.34. The Morgan fingerprint density at radius 1 is 0.933 bits per heavy atom. The van der Waals surface area contributed by atoms with Gasteiger partial charge in [0.25, 0.3) is 5.88 Å². The van der Waals surface area contributed by atoms with E-state index >= 15 is 0 Å². The smallest absolute Gasteiger partial charge is 0.343 e. The van der Waals surface area contributed by atoms with E-state index in [2.05, 4.69) is 4.98 Å². The monoisotopic (exact) mass is 415 g/mol. The molecule has 0 spiro atoms. The number of ether oxygens (including phenoxy) is 4. The Bertz CT molecular complexity index is 953. The van der Waals surface area contributed by atoms with Crippen LogP contribution in [0.15, 0.2) is 36.5 Å². The van der Waals surface area contributed by atoms with E-state index in [1.807, 2.05) is 0 Å². The summed E-state index contributed by atoms with van der Waals surface area (Å²) in [4.78, 5) is 52.0. The number of pyridine rings is 1. The van der Waals surface area contributed by atoms with Crippen LogP contribution in [0.5, 0.6) is 23.1 Å². The first-order valence-corrected chi connectivity index (χ1v) is 9.13. The van der Waals surface area contributed by atoms with Crippen molar-refractivity contribution in [1.29, 1.82) is 0 Å². The molecule has 9 heteroatoms. The van der Waals surface area contributed by atoms with E-state index in [1.54, 1.807) is 39.0 Å². The summed E-state index contributed by atoms with van der Waals surface area (Å²) in [6.07, 6.45) is 1.01. The van der Waals surface area contributed by atoms with E-state index in [-0.39, 0.29) is 17.7 Å². The van der Waals surface area contributed by atoms with E-state index in [1.165, 1.54) is 12.1 Å². The fourth-order valence-corrected chi connectivity index (χ4v) is 2.06. The van der Waals surface area contributed by atoms with Gasteiger partial charge in [-0.2, -0.15) is 0 Å². The highest BCUT2D eigenvalue weighted by Crippen LogP contribution is 2.43. The molecule has 0 fully saturated rings. The minimum Gasteiger partial charge on any atom is -0.421 e. The third-order valence-electron chi connectivity index (χ3n) is 3.55. The van der Waals surface area contributed by atoms with Crippen molar-refractivity contribution in [3.05, 3.63) is 42.1 Å². The van der Waals surface area contributed by atoms with Crippen LogP contribution in [0.2, 0.25) is 0 Å². The summed E-state index contributed by atoms with van der Waals surface area (Å²) in [6, 6.07) is 7.97. The predicted octanol–water partition coefficient (Wildman–Crippen LogP) is 3.10. The summed E-state index contributed by atoms with van der Waals surface area (Å²) in [6.45, 7) is 5.88. The van der Waals surface area contributed by atoms with E-state index in [0.29, 0.717) is 0 Å². The SMILES string of the molecule is CCC(=O)Oc1c(OC(C)=O)cnc(OC(=O)C(C)C)c1OC(=O)c1ccccc1. The molecular weight excluding hydrogens is 394 g/mol. The van der Waals surface area contributed by atoms with Crippen molar-refractivity contribution in [3.63, 3.8) is 0 Å². The minimum atomic E-state index is -0.826. The van der Waals surface area contributed by atoms with Crippen LogP contribution in [0.1, 0.15) is 44.5 Å². The number of carbonyl (C=O) groups excluding carboxylic acids is 4. The number of esters is 4. The van der Waals surface area contributed by atoms with Crippen molar-refractivity contribution in [2.75, 3.05) is 0 Å². The molecule has 2 aromatic rings. The average Bonchev–Trinajstić information content (AvgIpc) is 2.71. The Morgan fingerprint density at radius 3 is 2.17 bits per heavy atom. The van der Waals surface area contributed by atoms with Crippen LogP contribution < -0.4 is 18.9 Å². The van der Waals surface area contributed by atoms with Crippen LogP contribution in [0.25, 0.3) is 0 Å². The zero-order chi connectivity index (χ0) is 22.3. The molecule has 0 amide bonds. The number of hydrogen-bond acceptors (Lipinski definition) is 9. The van der Waals surface area contributed by atoms with E-state index in [4.69, 9.17) is 18.9 Å². The summed E-state index contributed by atoms with van der Waals surface area (Å²) in [5.74, 6) is -4.97. The Hall–Kier alpha value is -3.75. The van der Waals surface area contributed by atoms with Gasteiger partial charge in [-0.3, -0.25) is 14.4 Å². The topological polar surface area (TPSA) is 118 Å². The van der Waals surface area contributed by atoms with Gasteiger partial charge in [0.05, 0.1) is 17.7 Å². The molecule has 1 aromatic carbocycles. The molecule has 2 rings (SSSR count). The quantitative estimate of drug-likeness (QED) is 0.628. The summed E-state index contributed by atoms with van der Waals surface area (Å²) < 4.78 is 20.8. The second kappa shape index (κ2) is 10.1. The zero-order valence-electron chi connectivity index (χ0n) is 17.0. The maximum Gasteiger partial charge on any atom is 0.343 e. The lowest BCUT2D eigenvalue weighted by molar-refractivity contribution is -0.138. The maximum absolute atomic E-state index is 12.6. The molecule has 0 bridgehead atoms. The first-order valence-electron chi connectivity index (χ1n) is 9.13. The van der Waals surface area contributed by atoms with Crippen molar-refractivity contribution < 1.29 is 38.1 Å². The van der Waals surface area contributed by atoms with Crippen molar-refractivity contribution in [2.24, 2.45) is 5.92 Å². The van der Waals surface area contributed by atoms with Gasteiger partial charge in [-0.15, -0.1) is 0 Å². The minimum absolute atomic E-state index is 0.0188. The van der Waals surface area contributed by atoms with Crippen molar-refractivity contribution in [3.8, 4) is 23.1 Å². The van der Waals surface area contributed by atoms with Crippen molar-refractivity contribution in [1.82, 2.24) is 4.98 Å². The number of nitrogens with zero attached hydrogens (tertiary/aromatic N) is 1. The van der Waals surface area contributed by atoms with Gasteiger partial charge in [0.1, 0.15) is 0 Å². The molecule has 158 valence electrons. The molecular formula is C21H21NO8. The van der Waals surface area contributed by atoms with Crippen molar-refractivity contribution >= 4 is 23.9 Å². The molecule has 0 aliphatic rings. The van der Waals surface area contributed by atoms with Crippen LogP contribution in [0.3, 0.4) is 0 Å². The van der Waals surface area contributed by atoms with E-state index in [0.717, 1.165) is 13.1 Å². The van der Waals surface area contributed by atoms with Crippen LogP contribution in [0, 0.1) is 5.92 Å². The lowest BCUT2D eigenvalue weighted by atomic mass is 10.2. The van der Waals surface area contributed by atoms with Gasteiger partial charge in [-0.05, 0) is 12.1 Å². The predicted molar refractivity (Wildman–Crippen MR) is 103 cm³/mol. The van der Waals surface area contributed by atoms with Gasteiger partial charge in [-0.25, -0.2) is 9.78 Å². The van der Waals surface area contributed by atoms with Crippen LogP contribution in [0.4, 0.5) is 0 Å². The zero-order valence-corrected chi connectivity index (χ0v) is 17.0. The molecule has 0 unspecified atom stereocenters. The highest BCUT2D eigenvalue weighted by molar-refractivity contribution is 5.92. The Balaban J connectivity index is 2.59. The highest BCUT2D eigenvalue weighted by Gasteiger charge is 2.28. The third-order valence-corrected chi connectivity index (χ3v) is 3.55. The molecule has 0 aliphatic heterocycles. The lowest BCUT2D eigenvalue weighted by Crippen LogP contribution is -2.19. The molecule has 9 nitrogen and oxygen atoms in total. The lowest BCUT2D eigenvalue weighted by Gasteiger charge is -2.16. The summed E-state index contributed by atoms with van der Waals surface area (Å²) >= 11 is 0. The molecule has 0 aliphatic carbocycles. The van der Waals surface area contributed by atoms with Crippen LogP contribution in [-0.2, 0) is 14.4 Å².